The fourth-order valence-electron chi connectivity index (χ4n) is 3.29. The standard InChI is InChI=1S/C21H19N5O3/c1-2-28-19-9-14(17-10-20(27)25-21-23-13-24-26(17)21)7-8-18(19)29-12-16-6-4-3-5-15(16)11-22/h3-9,13,17H,2,10,12H2,1H3,(H,23,24,25,27)/t17-/m0/s1. The first-order valence-corrected chi connectivity index (χ1v) is 9.26. The molecule has 0 bridgehead atoms. The molecule has 1 aliphatic rings. The molecule has 0 spiro atoms. The molecule has 0 saturated heterocycles. The van der Waals surface area contributed by atoms with Gasteiger partial charge in [-0.15, -0.1) is 0 Å². The van der Waals surface area contributed by atoms with Crippen molar-refractivity contribution in [3.8, 4) is 17.6 Å². The molecule has 2 aromatic carbocycles. The van der Waals surface area contributed by atoms with Crippen molar-refractivity contribution >= 4 is 11.9 Å². The van der Waals surface area contributed by atoms with Gasteiger partial charge in [0.25, 0.3) is 0 Å². The Labute approximate surface area is 167 Å². The van der Waals surface area contributed by atoms with E-state index in [9.17, 15) is 10.1 Å². The van der Waals surface area contributed by atoms with Crippen molar-refractivity contribution in [2.45, 2.75) is 26.0 Å². The SMILES string of the molecule is CCOc1cc([C@@H]2CC(=O)Nc3ncnn32)ccc1OCc1ccccc1C#N. The molecule has 2 heterocycles. The molecule has 1 atom stereocenters. The van der Waals surface area contributed by atoms with Gasteiger partial charge in [0.05, 0.1) is 30.7 Å². The molecule has 4 rings (SSSR count). The van der Waals surface area contributed by atoms with E-state index in [1.165, 1.54) is 6.33 Å². The highest BCUT2D eigenvalue weighted by Gasteiger charge is 2.28. The van der Waals surface area contributed by atoms with Gasteiger partial charge in [-0.1, -0.05) is 24.3 Å². The molecule has 1 N–H and O–H groups in total. The second-order valence-corrected chi connectivity index (χ2v) is 6.49. The summed E-state index contributed by atoms with van der Waals surface area (Å²) in [5, 5.41) is 16.2. The van der Waals surface area contributed by atoms with Crippen molar-refractivity contribution in [3.05, 3.63) is 65.5 Å². The lowest BCUT2D eigenvalue weighted by atomic mass is 10.0. The minimum absolute atomic E-state index is 0.109. The topological polar surface area (TPSA) is 102 Å². The molecule has 0 fully saturated rings. The van der Waals surface area contributed by atoms with Crippen LogP contribution in [0.25, 0.3) is 0 Å². The van der Waals surface area contributed by atoms with Crippen molar-refractivity contribution < 1.29 is 14.3 Å². The first-order chi connectivity index (χ1) is 14.2. The molecular weight excluding hydrogens is 370 g/mol. The Morgan fingerprint density at radius 1 is 1.24 bits per heavy atom. The van der Waals surface area contributed by atoms with E-state index in [0.717, 1.165) is 11.1 Å². The number of ether oxygens (including phenoxy) is 2. The summed E-state index contributed by atoms with van der Waals surface area (Å²) in [5.41, 5.74) is 2.26. The van der Waals surface area contributed by atoms with E-state index < -0.39 is 0 Å². The number of nitriles is 1. The third-order valence-corrected chi connectivity index (χ3v) is 4.67. The van der Waals surface area contributed by atoms with Crippen molar-refractivity contribution in [1.82, 2.24) is 14.8 Å². The van der Waals surface area contributed by atoms with Crippen molar-refractivity contribution in [3.63, 3.8) is 0 Å². The number of aromatic nitrogens is 3. The second kappa shape index (κ2) is 8.02. The minimum atomic E-state index is -0.270. The van der Waals surface area contributed by atoms with Gasteiger partial charge < -0.3 is 9.47 Å². The monoisotopic (exact) mass is 389 g/mol. The number of nitrogens with zero attached hydrogens (tertiary/aromatic N) is 4. The average Bonchev–Trinajstić information content (AvgIpc) is 3.21. The maximum absolute atomic E-state index is 12.0. The summed E-state index contributed by atoms with van der Waals surface area (Å²) in [6.45, 7) is 2.61. The van der Waals surface area contributed by atoms with Crippen LogP contribution in [0.2, 0.25) is 0 Å². The molecule has 3 aromatic rings. The highest BCUT2D eigenvalue weighted by molar-refractivity contribution is 5.91. The number of carbonyl (C=O) groups is 1. The number of hydrogen-bond donors (Lipinski definition) is 1. The number of fused-ring (bicyclic) bond motifs is 1. The number of nitrogens with one attached hydrogen (secondary N) is 1. The van der Waals surface area contributed by atoms with E-state index in [-0.39, 0.29) is 25.0 Å². The molecule has 0 unspecified atom stereocenters. The molecule has 1 aromatic heterocycles. The van der Waals surface area contributed by atoms with E-state index in [4.69, 9.17) is 9.47 Å². The molecule has 1 aliphatic heterocycles. The van der Waals surface area contributed by atoms with Crippen LogP contribution < -0.4 is 14.8 Å². The van der Waals surface area contributed by atoms with Gasteiger partial charge in [0, 0.05) is 5.56 Å². The Hall–Kier alpha value is -3.86. The van der Waals surface area contributed by atoms with Crippen LogP contribution in [-0.2, 0) is 11.4 Å². The summed E-state index contributed by atoms with van der Waals surface area (Å²) < 4.78 is 13.4. The van der Waals surface area contributed by atoms with Crippen molar-refractivity contribution in [2.75, 3.05) is 11.9 Å². The average molecular weight is 389 g/mol. The van der Waals surface area contributed by atoms with Gasteiger partial charge in [-0.25, -0.2) is 4.68 Å². The molecule has 8 nitrogen and oxygen atoms in total. The van der Waals surface area contributed by atoms with Gasteiger partial charge in [0.1, 0.15) is 12.9 Å². The van der Waals surface area contributed by atoms with Crippen LogP contribution in [0.3, 0.4) is 0 Å². The summed E-state index contributed by atoms with van der Waals surface area (Å²) in [4.78, 5) is 16.1. The fraction of sp³-hybridized carbons (Fsp3) is 0.238. The number of carbonyl (C=O) groups excluding carboxylic acids is 1. The highest BCUT2D eigenvalue weighted by Crippen LogP contribution is 2.35. The Morgan fingerprint density at radius 3 is 2.93 bits per heavy atom. The molecule has 1 amide bonds. The van der Waals surface area contributed by atoms with Gasteiger partial charge in [-0.3, -0.25) is 10.1 Å². The molecule has 0 aliphatic carbocycles. The summed E-state index contributed by atoms with van der Waals surface area (Å²) in [5.74, 6) is 1.47. The highest BCUT2D eigenvalue weighted by atomic mass is 16.5. The van der Waals surface area contributed by atoms with E-state index >= 15 is 0 Å². The van der Waals surface area contributed by atoms with Crippen molar-refractivity contribution in [1.29, 1.82) is 5.26 Å². The van der Waals surface area contributed by atoms with E-state index in [1.54, 1.807) is 10.7 Å². The van der Waals surface area contributed by atoms with E-state index in [1.807, 2.05) is 43.3 Å². The zero-order valence-corrected chi connectivity index (χ0v) is 15.8. The second-order valence-electron chi connectivity index (χ2n) is 6.49. The van der Waals surface area contributed by atoms with Gasteiger partial charge in [-0.2, -0.15) is 15.3 Å². The summed E-state index contributed by atoms with van der Waals surface area (Å²) >= 11 is 0. The van der Waals surface area contributed by atoms with Crippen molar-refractivity contribution in [2.24, 2.45) is 0 Å². The predicted molar refractivity (Wildman–Crippen MR) is 105 cm³/mol. The lowest BCUT2D eigenvalue weighted by molar-refractivity contribution is -0.117. The van der Waals surface area contributed by atoms with Crippen LogP contribution in [0.15, 0.2) is 48.8 Å². The largest absolute Gasteiger partial charge is 0.490 e. The zero-order valence-electron chi connectivity index (χ0n) is 15.8. The van der Waals surface area contributed by atoms with Gasteiger partial charge in [0.15, 0.2) is 11.5 Å². The Kier molecular flexibility index (Phi) is 5.12. The van der Waals surface area contributed by atoms with Gasteiger partial charge >= 0.3 is 0 Å². The third kappa shape index (κ3) is 3.75. The van der Waals surface area contributed by atoms with E-state index in [2.05, 4.69) is 21.5 Å². The molecule has 0 saturated carbocycles. The third-order valence-electron chi connectivity index (χ3n) is 4.67. The molecular formula is C21H19N5O3. The predicted octanol–water partition coefficient (Wildman–Crippen LogP) is 3.06. The fourth-order valence-corrected chi connectivity index (χ4v) is 3.29. The number of hydrogen-bond acceptors (Lipinski definition) is 6. The van der Waals surface area contributed by atoms with Crippen LogP contribution in [0.1, 0.15) is 36.1 Å². The van der Waals surface area contributed by atoms with Crippen LogP contribution in [-0.4, -0.2) is 27.3 Å². The van der Waals surface area contributed by atoms with Crippen LogP contribution in [0.5, 0.6) is 11.5 Å². The summed E-state index contributed by atoms with van der Waals surface area (Å²) in [6, 6.07) is 14.8. The number of benzene rings is 2. The first kappa shape index (κ1) is 18.5. The Bertz CT molecular complexity index is 1090. The molecule has 146 valence electrons. The number of amides is 1. The zero-order chi connectivity index (χ0) is 20.2. The Morgan fingerprint density at radius 2 is 2.10 bits per heavy atom. The molecule has 8 heteroatoms. The van der Waals surface area contributed by atoms with Gasteiger partial charge in [0.2, 0.25) is 11.9 Å². The number of anilines is 1. The maximum atomic E-state index is 12.0. The quantitative estimate of drug-likeness (QED) is 0.695. The minimum Gasteiger partial charge on any atom is -0.490 e. The van der Waals surface area contributed by atoms with Crippen LogP contribution >= 0.6 is 0 Å². The lowest BCUT2D eigenvalue weighted by Crippen LogP contribution is -2.29. The smallest absolute Gasteiger partial charge is 0.229 e. The maximum Gasteiger partial charge on any atom is 0.229 e. The lowest BCUT2D eigenvalue weighted by Gasteiger charge is -2.24. The molecule has 0 radical (unpaired) electrons. The first-order valence-electron chi connectivity index (χ1n) is 9.26. The van der Waals surface area contributed by atoms with E-state index in [0.29, 0.717) is 29.6 Å². The van der Waals surface area contributed by atoms with Crippen LogP contribution in [0.4, 0.5) is 5.95 Å². The normalized spacial score (nSPS) is 15.2. The summed E-state index contributed by atoms with van der Waals surface area (Å²) in [6.07, 6.45) is 1.68. The Balaban J connectivity index is 1.61. The summed E-state index contributed by atoms with van der Waals surface area (Å²) in [7, 11) is 0. The van der Waals surface area contributed by atoms with Crippen LogP contribution in [0, 0.1) is 11.3 Å². The number of rotatable bonds is 6. The van der Waals surface area contributed by atoms with Gasteiger partial charge in [-0.05, 0) is 30.7 Å². The molecule has 29 heavy (non-hydrogen) atoms.